The Morgan fingerprint density at radius 3 is 2.62 bits per heavy atom. The lowest BCUT2D eigenvalue weighted by atomic mass is 10.1. The number of aldehydes is 1. The standard InChI is InChI=1S/C19H14N2O2S/c1-23-15-9-5-8-14(10-15)17-12-24-19-20-18(16(11-22)21(17)19)13-6-3-2-4-7-13/h2-12H,1H3. The molecule has 118 valence electrons. The van der Waals surface area contributed by atoms with Crippen molar-refractivity contribution in [3.8, 4) is 28.3 Å². The van der Waals surface area contributed by atoms with Crippen LogP contribution in [0.3, 0.4) is 0 Å². The van der Waals surface area contributed by atoms with Crippen LogP contribution in [0.1, 0.15) is 10.5 Å². The lowest BCUT2D eigenvalue weighted by Gasteiger charge is -2.05. The van der Waals surface area contributed by atoms with Crippen LogP contribution in [-0.2, 0) is 0 Å². The van der Waals surface area contributed by atoms with E-state index in [2.05, 4.69) is 4.98 Å². The van der Waals surface area contributed by atoms with Crippen LogP contribution in [0.15, 0.2) is 60.0 Å². The van der Waals surface area contributed by atoms with Gasteiger partial charge in [-0.15, -0.1) is 11.3 Å². The zero-order chi connectivity index (χ0) is 16.5. The quantitative estimate of drug-likeness (QED) is 0.514. The van der Waals surface area contributed by atoms with Gasteiger partial charge in [-0.05, 0) is 12.1 Å². The number of nitrogens with zero attached hydrogens (tertiary/aromatic N) is 2. The molecule has 0 aliphatic rings. The summed E-state index contributed by atoms with van der Waals surface area (Å²) < 4.78 is 7.22. The minimum absolute atomic E-state index is 0.565. The van der Waals surface area contributed by atoms with E-state index in [1.54, 1.807) is 7.11 Å². The average Bonchev–Trinajstić information content (AvgIpc) is 3.21. The van der Waals surface area contributed by atoms with E-state index in [0.717, 1.165) is 33.8 Å². The monoisotopic (exact) mass is 334 g/mol. The van der Waals surface area contributed by atoms with Gasteiger partial charge in [0.25, 0.3) is 0 Å². The number of hydrogen-bond donors (Lipinski definition) is 0. The van der Waals surface area contributed by atoms with Crippen molar-refractivity contribution in [2.45, 2.75) is 0 Å². The fourth-order valence-corrected chi connectivity index (χ4v) is 3.69. The summed E-state index contributed by atoms with van der Waals surface area (Å²) in [5, 5.41) is 2.01. The molecule has 24 heavy (non-hydrogen) atoms. The first kappa shape index (κ1) is 14.7. The number of imidazole rings is 1. The zero-order valence-electron chi connectivity index (χ0n) is 13.0. The van der Waals surface area contributed by atoms with Crippen LogP contribution in [-0.4, -0.2) is 22.8 Å². The molecule has 0 unspecified atom stereocenters. The molecule has 2 aromatic carbocycles. The van der Waals surface area contributed by atoms with Crippen molar-refractivity contribution in [2.24, 2.45) is 0 Å². The highest BCUT2D eigenvalue weighted by Gasteiger charge is 2.18. The smallest absolute Gasteiger partial charge is 0.195 e. The van der Waals surface area contributed by atoms with E-state index in [9.17, 15) is 4.79 Å². The fraction of sp³-hybridized carbons (Fsp3) is 0.0526. The summed E-state index contributed by atoms with van der Waals surface area (Å²) >= 11 is 1.52. The second kappa shape index (κ2) is 5.94. The predicted molar refractivity (Wildman–Crippen MR) is 95.9 cm³/mol. The van der Waals surface area contributed by atoms with Crippen molar-refractivity contribution in [1.29, 1.82) is 0 Å². The number of ether oxygens (including phenoxy) is 1. The van der Waals surface area contributed by atoms with Gasteiger partial charge in [0.2, 0.25) is 0 Å². The number of benzene rings is 2. The lowest BCUT2D eigenvalue weighted by molar-refractivity contribution is 0.111. The highest BCUT2D eigenvalue weighted by molar-refractivity contribution is 7.15. The van der Waals surface area contributed by atoms with Crippen molar-refractivity contribution >= 4 is 22.6 Å². The molecule has 0 aliphatic heterocycles. The molecule has 0 N–H and O–H groups in total. The molecule has 4 rings (SSSR count). The third-order valence-corrected chi connectivity index (χ3v) is 4.75. The Hall–Kier alpha value is -2.92. The molecule has 0 aliphatic carbocycles. The number of thiazole rings is 1. The first-order valence-electron chi connectivity index (χ1n) is 7.47. The van der Waals surface area contributed by atoms with Gasteiger partial charge in [0.1, 0.15) is 17.1 Å². The normalized spacial score (nSPS) is 10.9. The summed E-state index contributed by atoms with van der Waals surface area (Å²) in [6.07, 6.45) is 0.874. The largest absolute Gasteiger partial charge is 0.497 e. The van der Waals surface area contributed by atoms with Gasteiger partial charge in [-0.25, -0.2) is 4.98 Å². The SMILES string of the molecule is COc1cccc(-c2csc3nc(-c4ccccc4)c(C=O)n23)c1. The molecular weight excluding hydrogens is 320 g/mol. The second-order valence-corrected chi connectivity index (χ2v) is 6.14. The minimum atomic E-state index is 0.565. The van der Waals surface area contributed by atoms with E-state index in [-0.39, 0.29) is 0 Å². The predicted octanol–water partition coefficient (Wildman–Crippen LogP) is 4.55. The van der Waals surface area contributed by atoms with Crippen molar-refractivity contribution in [3.05, 3.63) is 65.7 Å². The maximum absolute atomic E-state index is 11.8. The van der Waals surface area contributed by atoms with Gasteiger partial charge < -0.3 is 4.74 Å². The second-order valence-electron chi connectivity index (χ2n) is 5.30. The summed E-state index contributed by atoms with van der Waals surface area (Å²) in [4.78, 5) is 17.3. The average molecular weight is 334 g/mol. The molecule has 5 heteroatoms. The van der Waals surface area contributed by atoms with Gasteiger partial charge in [-0.2, -0.15) is 0 Å². The molecule has 0 bridgehead atoms. The summed E-state index contributed by atoms with van der Waals surface area (Å²) in [6, 6.07) is 17.6. The maximum atomic E-state index is 11.8. The van der Waals surface area contributed by atoms with Crippen molar-refractivity contribution in [2.75, 3.05) is 7.11 Å². The van der Waals surface area contributed by atoms with Gasteiger partial charge in [0, 0.05) is 16.5 Å². The number of rotatable bonds is 4. The number of aromatic nitrogens is 2. The van der Waals surface area contributed by atoms with Crippen LogP contribution in [0, 0.1) is 0 Å². The number of methoxy groups -OCH3 is 1. The van der Waals surface area contributed by atoms with E-state index in [1.165, 1.54) is 11.3 Å². The maximum Gasteiger partial charge on any atom is 0.195 e. The third-order valence-electron chi connectivity index (χ3n) is 3.92. The van der Waals surface area contributed by atoms with Crippen molar-refractivity contribution in [1.82, 2.24) is 9.38 Å². The van der Waals surface area contributed by atoms with Gasteiger partial charge in [0.05, 0.1) is 12.8 Å². The highest BCUT2D eigenvalue weighted by atomic mass is 32.1. The van der Waals surface area contributed by atoms with Crippen LogP contribution in [0.5, 0.6) is 5.75 Å². The molecule has 0 saturated heterocycles. The van der Waals surface area contributed by atoms with E-state index in [1.807, 2.05) is 64.4 Å². The molecule has 2 heterocycles. The number of carbonyl (C=O) groups is 1. The Morgan fingerprint density at radius 1 is 1.08 bits per heavy atom. The minimum Gasteiger partial charge on any atom is -0.497 e. The van der Waals surface area contributed by atoms with Gasteiger partial charge in [-0.3, -0.25) is 9.20 Å². The molecule has 0 amide bonds. The fourth-order valence-electron chi connectivity index (χ4n) is 2.78. The van der Waals surface area contributed by atoms with E-state index in [0.29, 0.717) is 11.4 Å². The van der Waals surface area contributed by atoms with E-state index >= 15 is 0 Å². The molecule has 0 radical (unpaired) electrons. The van der Waals surface area contributed by atoms with E-state index < -0.39 is 0 Å². The first-order valence-corrected chi connectivity index (χ1v) is 8.34. The Balaban J connectivity index is 1.95. The summed E-state index contributed by atoms with van der Waals surface area (Å²) in [5.74, 6) is 0.780. The number of fused-ring (bicyclic) bond motifs is 1. The van der Waals surface area contributed by atoms with Crippen LogP contribution < -0.4 is 4.74 Å². The Labute approximate surface area is 143 Å². The van der Waals surface area contributed by atoms with E-state index in [4.69, 9.17) is 4.74 Å². The Bertz CT molecular complexity index is 1020. The first-order chi connectivity index (χ1) is 11.8. The summed E-state index contributed by atoms with van der Waals surface area (Å²) in [7, 11) is 1.64. The number of hydrogen-bond acceptors (Lipinski definition) is 4. The van der Waals surface area contributed by atoms with Crippen LogP contribution in [0.4, 0.5) is 0 Å². The topological polar surface area (TPSA) is 43.6 Å². The van der Waals surface area contributed by atoms with Gasteiger partial charge >= 0.3 is 0 Å². The molecule has 0 fully saturated rings. The van der Waals surface area contributed by atoms with Crippen molar-refractivity contribution < 1.29 is 9.53 Å². The Kier molecular flexibility index (Phi) is 3.63. The van der Waals surface area contributed by atoms with Gasteiger partial charge in [0.15, 0.2) is 11.2 Å². The molecule has 0 atom stereocenters. The lowest BCUT2D eigenvalue weighted by Crippen LogP contribution is -1.94. The molecule has 4 nitrogen and oxygen atoms in total. The Morgan fingerprint density at radius 2 is 1.88 bits per heavy atom. The third kappa shape index (κ3) is 2.30. The molecule has 0 saturated carbocycles. The molecular formula is C19H14N2O2S. The van der Waals surface area contributed by atoms with Crippen molar-refractivity contribution in [3.63, 3.8) is 0 Å². The summed E-state index contributed by atoms with van der Waals surface area (Å²) in [5.41, 5.74) is 4.13. The number of carbonyl (C=O) groups excluding carboxylic acids is 1. The zero-order valence-corrected chi connectivity index (χ0v) is 13.8. The van der Waals surface area contributed by atoms with Crippen LogP contribution >= 0.6 is 11.3 Å². The molecule has 0 spiro atoms. The van der Waals surface area contributed by atoms with Gasteiger partial charge in [-0.1, -0.05) is 42.5 Å². The molecule has 4 aromatic rings. The molecule has 2 aromatic heterocycles. The van der Waals surface area contributed by atoms with Crippen LogP contribution in [0.25, 0.3) is 27.5 Å². The highest BCUT2D eigenvalue weighted by Crippen LogP contribution is 2.33. The summed E-state index contributed by atoms with van der Waals surface area (Å²) in [6.45, 7) is 0. The van der Waals surface area contributed by atoms with Crippen LogP contribution in [0.2, 0.25) is 0 Å².